The molecule has 0 aliphatic carbocycles. The van der Waals surface area contributed by atoms with Gasteiger partial charge in [-0.3, -0.25) is 0 Å². The topological polar surface area (TPSA) is 95.7 Å². The van der Waals surface area contributed by atoms with Crippen LogP contribution >= 0.6 is 11.8 Å². The van der Waals surface area contributed by atoms with E-state index in [9.17, 15) is 0 Å². The normalized spacial score (nSPS) is 13.7. The Morgan fingerprint density at radius 3 is 2.47 bits per heavy atom. The number of rotatable bonds is 3. The minimum Gasteiger partial charge on any atom is -0.338 e. The first-order valence-corrected chi connectivity index (χ1v) is 6.85. The predicted molar refractivity (Wildman–Crippen MR) is 72.2 cm³/mol. The average molecular weight is 282 g/mol. The SMILES string of the molecule is Cc1noc(C(C)Sc2nnc(C(C)(C)C)n2N)n1. The quantitative estimate of drug-likeness (QED) is 0.677. The third-order valence-electron chi connectivity index (χ3n) is 2.51. The Morgan fingerprint density at radius 2 is 2.00 bits per heavy atom. The second-order valence-electron chi connectivity index (χ2n) is 5.37. The van der Waals surface area contributed by atoms with Gasteiger partial charge in [0.1, 0.15) is 0 Å². The number of hydrogen-bond acceptors (Lipinski definition) is 7. The predicted octanol–water partition coefficient (Wildman–Crippen LogP) is 1.83. The molecular formula is C11H18N6OS. The molecule has 2 heterocycles. The van der Waals surface area contributed by atoms with Gasteiger partial charge in [-0.15, -0.1) is 10.2 Å². The van der Waals surface area contributed by atoms with Crippen LogP contribution in [0.1, 0.15) is 50.5 Å². The fourth-order valence-corrected chi connectivity index (χ4v) is 2.36. The van der Waals surface area contributed by atoms with Crippen molar-refractivity contribution in [3.63, 3.8) is 0 Å². The van der Waals surface area contributed by atoms with Gasteiger partial charge in [0.15, 0.2) is 11.6 Å². The van der Waals surface area contributed by atoms with E-state index in [1.807, 2.05) is 27.7 Å². The molecule has 0 spiro atoms. The minimum absolute atomic E-state index is 0.0273. The molecule has 0 amide bonds. The largest absolute Gasteiger partial charge is 0.338 e. The molecule has 2 N–H and O–H groups in total. The molecule has 0 bridgehead atoms. The molecule has 2 aromatic rings. The van der Waals surface area contributed by atoms with E-state index >= 15 is 0 Å². The third-order valence-corrected chi connectivity index (χ3v) is 3.55. The van der Waals surface area contributed by atoms with E-state index in [0.29, 0.717) is 16.9 Å². The Hall–Kier alpha value is -1.57. The standard InChI is InChI=1S/C11H18N6OS/c1-6(8-13-7(2)16-18-8)19-10-15-14-9(17(10)12)11(3,4)5/h6H,12H2,1-5H3. The van der Waals surface area contributed by atoms with Crippen molar-refractivity contribution in [1.29, 1.82) is 0 Å². The highest BCUT2D eigenvalue weighted by Gasteiger charge is 2.25. The van der Waals surface area contributed by atoms with Gasteiger partial charge in [-0.2, -0.15) is 4.98 Å². The van der Waals surface area contributed by atoms with Gasteiger partial charge in [-0.1, -0.05) is 37.7 Å². The van der Waals surface area contributed by atoms with Gasteiger partial charge in [0.2, 0.25) is 11.0 Å². The van der Waals surface area contributed by atoms with Gasteiger partial charge in [-0.25, -0.2) is 4.68 Å². The fraction of sp³-hybridized carbons (Fsp3) is 0.636. The van der Waals surface area contributed by atoms with Crippen LogP contribution in [0, 0.1) is 6.92 Å². The van der Waals surface area contributed by atoms with Crippen molar-refractivity contribution in [2.24, 2.45) is 0 Å². The molecule has 19 heavy (non-hydrogen) atoms. The highest BCUT2D eigenvalue weighted by molar-refractivity contribution is 7.99. The summed E-state index contributed by atoms with van der Waals surface area (Å²) < 4.78 is 6.65. The summed E-state index contributed by atoms with van der Waals surface area (Å²) >= 11 is 1.44. The molecule has 0 aromatic carbocycles. The first-order chi connectivity index (χ1) is 8.79. The number of nitrogens with two attached hydrogens (primary N) is 1. The summed E-state index contributed by atoms with van der Waals surface area (Å²) in [5, 5.41) is 12.6. The van der Waals surface area contributed by atoms with Crippen molar-refractivity contribution in [2.45, 2.75) is 50.4 Å². The Morgan fingerprint density at radius 1 is 1.32 bits per heavy atom. The minimum atomic E-state index is -0.148. The highest BCUT2D eigenvalue weighted by Crippen LogP contribution is 2.33. The van der Waals surface area contributed by atoms with Crippen molar-refractivity contribution < 1.29 is 4.52 Å². The van der Waals surface area contributed by atoms with Crippen molar-refractivity contribution in [1.82, 2.24) is 25.0 Å². The van der Waals surface area contributed by atoms with E-state index in [1.54, 1.807) is 6.92 Å². The number of thioether (sulfide) groups is 1. The Bertz CT molecular complexity index is 570. The number of aryl methyl sites for hydroxylation is 1. The van der Waals surface area contributed by atoms with E-state index in [1.165, 1.54) is 16.4 Å². The molecule has 0 fully saturated rings. The van der Waals surface area contributed by atoms with Gasteiger partial charge >= 0.3 is 0 Å². The molecule has 1 atom stereocenters. The van der Waals surface area contributed by atoms with Crippen LogP contribution < -0.4 is 5.84 Å². The monoisotopic (exact) mass is 282 g/mol. The first-order valence-electron chi connectivity index (χ1n) is 5.97. The second kappa shape index (κ2) is 4.84. The van der Waals surface area contributed by atoms with Gasteiger partial charge < -0.3 is 10.4 Å². The second-order valence-corrected chi connectivity index (χ2v) is 6.67. The Kier molecular flexibility index (Phi) is 3.53. The van der Waals surface area contributed by atoms with Crippen LogP contribution in [-0.4, -0.2) is 25.0 Å². The molecule has 1 unspecified atom stereocenters. The van der Waals surface area contributed by atoms with E-state index in [2.05, 4.69) is 20.3 Å². The zero-order chi connectivity index (χ0) is 14.2. The molecule has 104 valence electrons. The lowest BCUT2D eigenvalue weighted by Crippen LogP contribution is -2.24. The number of hydrogen-bond donors (Lipinski definition) is 1. The molecule has 2 rings (SSSR count). The smallest absolute Gasteiger partial charge is 0.239 e. The fourth-order valence-electron chi connectivity index (χ4n) is 1.56. The van der Waals surface area contributed by atoms with Crippen molar-refractivity contribution in [2.75, 3.05) is 5.84 Å². The van der Waals surface area contributed by atoms with Crippen LogP contribution in [0.2, 0.25) is 0 Å². The summed E-state index contributed by atoms with van der Waals surface area (Å²) in [6.07, 6.45) is 0. The zero-order valence-corrected chi connectivity index (χ0v) is 12.5. The van der Waals surface area contributed by atoms with Gasteiger partial charge in [0, 0.05) is 5.41 Å². The van der Waals surface area contributed by atoms with Crippen molar-refractivity contribution in [3.05, 3.63) is 17.5 Å². The van der Waals surface area contributed by atoms with E-state index in [4.69, 9.17) is 10.4 Å². The van der Waals surface area contributed by atoms with E-state index < -0.39 is 0 Å². The van der Waals surface area contributed by atoms with Gasteiger partial charge in [0.05, 0.1) is 5.25 Å². The maximum Gasteiger partial charge on any atom is 0.239 e. The maximum absolute atomic E-state index is 6.03. The van der Waals surface area contributed by atoms with Crippen LogP contribution in [0.3, 0.4) is 0 Å². The van der Waals surface area contributed by atoms with Crippen LogP contribution in [0.15, 0.2) is 9.68 Å². The third kappa shape index (κ3) is 2.89. The molecule has 0 aliphatic rings. The summed E-state index contributed by atoms with van der Waals surface area (Å²) in [7, 11) is 0. The number of nitrogens with zero attached hydrogens (tertiary/aromatic N) is 5. The molecule has 0 radical (unpaired) electrons. The summed E-state index contributed by atoms with van der Waals surface area (Å²) in [6.45, 7) is 9.87. The van der Waals surface area contributed by atoms with Gasteiger partial charge in [-0.05, 0) is 13.8 Å². The van der Waals surface area contributed by atoms with E-state index in [-0.39, 0.29) is 10.7 Å². The summed E-state index contributed by atoms with van der Waals surface area (Å²) in [5.74, 6) is 7.94. The molecule has 8 heteroatoms. The molecule has 0 aliphatic heterocycles. The number of aromatic nitrogens is 5. The molecule has 0 saturated heterocycles. The maximum atomic E-state index is 6.03. The average Bonchev–Trinajstić information content (AvgIpc) is 2.85. The molecular weight excluding hydrogens is 264 g/mol. The molecule has 0 saturated carbocycles. The summed E-state index contributed by atoms with van der Waals surface area (Å²) in [5.41, 5.74) is -0.148. The molecule has 7 nitrogen and oxygen atoms in total. The molecule has 2 aromatic heterocycles. The highest BCUT2D eigenvalue weighted by atomic mass is 32.2. The van der Waals surface area contributed by atoms with Crippen LogP contribution in [0.5, 0.6) is 0 Å². The summed E-state index contributed by atoms with van der Waals surface area (Å²) in [6, 6.07) is 0. The Labute approximate surface area is 115 Å². The van der Waals surface area contributed by atoms with Crippen molar-refractivity contribution >= 4 is 11.8 Å². The van der Waals surface area contributed by atoms with E-state index in [0.717, 1.165) is 5.82 Å². The first kappa shape index (κ1) is 13.9. The van der Waals surface area contributed by atoms with Crippen LogP contribution in [-0.2, 0) is 5.41 Å². The lowest BCUT2D eigenvalue weighted by atomic mass is 9.96. The van der Waals surface area contributed by atoms with Gasteiger partial charge in [0.25, 0.3) is 0 Å². The van der Waals surface area contributed by atoms with Crippen LogP contribution in [0.25, 0.3) is 0 Å². The lowest BCUT2D eigenvalue weighted by molar-refractivity contribution is 0.376. The Balaban J connectivity index is 2.18. The number of nitrogen functional groups attached to an aromatic ring is 1. The zero-order valence-electron chi connectivity index (χ0n) is 11.7. The van der Waals surface area contributed by atoms with Crippen LogP contribution in [0.4, 0.5) is 0 Å². The lowest BCUT2D eigenvalue weighted by Gasteiger charge is -2.16. The van der Waals surface area contributed by atoms with Crippen molar-refractivity contribution in [3.8, 4) is 0 Å². The summed E-state index contributed by atoms with van der Waals surface area (Å²) in [4.78, 5) is 4.20.